The van der Waals surface area contributed by atoms with Crippen LogP contribution in [0, 0.1) is 11.8 Å². The van der Waals surface area contributed by atoms with Gasteiger partial charge in [-0.25, -0.2) is 4.79 Å². The molecule has 1 rings (SSSR count). The number of esters is 1. The highest BCUT2D eigenvalue weighted by atomic mass is 79.9. The van der Waals surface area contributed by atoms with Gasteiger partial charge in [0.2, 0.25) is 5.91 Å². The maximum absolute atomic E-state index is 13.6. The first-order valence-corrected chi connectivity index (χ1v) is 18.4. The Hall–Kier alpha value is -0.446. The second kappa shape index (κ2) is 10.0. The highest BCUT2D eigenvalue weighted by Gasteiger charge is 2.60. The van der Waals surface area contributed by atoms with Crippen LogP contribution in [0.2, 0.25) is 36.3 Å². The fraction of sp³-hybridized carbons (Fsp3) is 0.833. The Morgan fingerprint density at radius 2 is 1.59 bits per heavy atom. The van der Waals surface area contributed by atoms with Gasteiger partial charge in [-0.05, 0) is 58.9 Å². The molecular formula is C24H46BrNO4Si2. The van der Waals surface area contributed by atoms with Gasteiger partial charge in [-0.15, -0.1) is 0 Å². The number of hydrogen-bond acceptors (Lipinski definition) is 4. The van der Waals surface area contributed by atoms with E-state index < -0.39 is 16.6 Å². The molecule has 0 aromatic carbocycles. The number of carbonyl (C=O) groups is 2. The smallest absolute Gasteiger partial charge is 0.344 e. The largest absolute Gasteiger partial charge is 0.462 e. The van der Waals surface area contributed by atoms with E-state index in [9.17, 15) is 9.59 Å². The van der Waals surface area contributed by atoms with Crippen molar-refractivity contribution in [3.05, 3.63) is 10.6 Å². The van der Waals surface area contributed by atoms with Crippen molar-refractivity contribution in [2.75, 3.05) is 6.61 Å². The molecule has 1 aliphatic heterocycles. The molecule has 1 heterocycles. The van der Waals surface area contributed by atoms with Crippen molar-refractivity contribution in [2.45, 2.75) is 111 Å². The van der Waals surface area contributed by atoms with Gasteiger partial charge in [0.05, 0.1) is 23.1 Å². The molecule has 32 heavy (non-hydrogen) atoms. The van der Waals surface area contributed by atoms with E-state index in [-0.39, 0.29) is 45.9 Å². The van der Waals surface area contributed by atoms with E-state index in [0.717, 1.165) is 0 Å². The topological polar surface area (TPSA) is 55.8 Å². The minimum Gasteiger partial charge on any atom is -0.462 e. The first-order valence-electron chi connectivity index (χ1n) is 11.8. The Kier molecular flexibility index (Phi) is 9.28. The minimum absolute atomic E-state index is 0.00913. The van der Waals surface area contributed by atoms with Gasteiger partial charge >= 0.3 is 5.97 Å². The lowest BCUT2D eigenvalue weighted by atomic mass is 9.78. The molecule has 1 fully saturated rings. The van der Waals surface area contributed by atoms with Crippen LogP contribution in [0.4, 0.5) is 0 Å². The number of nitrogens with zero attached hydrogens (tertiary/aromatic N) is 1. The van der Waals surface area contributed by atoms with E-state index >= 15 is 0 Å². The second-order valence-corrected chi connectivity index (χ2v) is 22.9. The van der Waals surface area contributed by atoms with Gasteiger partial charge in [0.25, 0.3) is 0 Å². The minimum atomic E-state index is -2.11. The molecule has 0 spiro atoms. The monoisotopic (exact) mass is 547 g/mol. The van der Waals surface area contributed by atoms with Gasteiger partial charge in [-0.2, -0.15) is 0 Å². The van der Waals surface area contributed by atoms with Crippen LogP contribution in [0.15, 0.2) is 10.6 Å². The molecule has 5 nitrogen and oxygen atoms in total. The van der Waals surface area contributed by atoms with Gasteiger partial charge < -0.3 is 13.7 Å². The molecule has 0 aliphatic carbocycles. The molecule has 1 aliphatic rings. The molecule has 0 bridgehead atoms. The van der Waals surface area contributed by atoms with E-state index in [1.807, 2.05) is 6.08 Å². The number of β-lactam (4-membered cyclic amide) rings is 1. The fourth-order valence-corrected chi connectivity index (χ4v) is 8.42. The summed E-state index contributed by atoms with van der Waals surface area (Å²) >= 11 is 3.39. The van der Waals surface area contributed by atoms with Crippen LogP contribution in [0.3, 0.4) is 0 Å². The number of halogens is 1. The molecule has 0 saturated carbocycles. The normalized spacial score (nSPS) is 23.0. The summed E-state index contributed by atoms with van der Waals surface area (Å²) in [5.41, 5.74) is 0. The summed E-state index contributed by atoms with van der Waals surface area (Å²) in [6.45, 7) is 28.6. The standard InChI is InChI=1S/C24H46BrNO4Si2/c1-14-29-22(28)18(25)15-16(2)20-19(17(3)30-32(12,13)24(7,8)9)21(27)26(20)31(10,11)23(4,5)6/h15-17,19-20H,14H2,1-13H3/b18-15-/t16-,17+,19+,20+/m0/s1. The zero-order valence-corrected chi connectivity index (χ0v) is 26.1. The predicted molar refractivity (Wildman–Crippen MR) is 142 cm³/mol. The summed E-state index contributed by atoms with van der Waals surface area (Å²) in [6.07, 6.45) is 1.73. The van der Waals surface area contributed by atoms with E-state index in [1.54, 1.807) is 6.92 Å². The lowest BCUT2D eigenvalue weighted by molar-refractivity contribution is -0.156. The average molecular weight is 549 g/mol. The van der Waals surface area contributed by atoms with Crippen molar-refractivity contribution in [1.29, 1.82) is 0 Å². The maximum atomic E-state index is 13.6. The Balaban J connectivity index is 3.37. The fourth-order valence-electron chi connectivity index (χ4n) is 3.89. The summed E-state index contributed by atoms with van der Waals surface area (Å²) in [7, 11) is -4.14. The van der Waals surface area contributed by atoms with E-state index in [1.165, 1.54) is 0 Å². The second-order valence-electron chi connectivity index (χ2n) is 12.2. The number of ether oxygens (including phenoxy) is 1. The van der Waals surface area contributed by atoms with Crippen molar-refractivity contribution in [3.63, 3.8) is 0 Å². The highest BCUT2D eigenvalue weighted by Crippen LogP contribution is 2.49. The molecule has 0 radical (unpaired) electrons. The number of carbonyl (C=O) groups excluding carboxylic acids is 2. The van der Waals surface area contributed by atoms with Gasteiger partial charge in [-0.1, -0.05) is 67.6 Å². The Bertz CT molecular complexity index is 737. The third-order valence-corrected chi connectivity index (χ3v) is 18.4. The van der Waals surface area contributed by atoms with Crippen LogP contribution in [0.25, 0.3) is 0 Å². The van der Waals surface area contributed by atoms with Crippen molar-refractivity contribution in [2.24, 2.45) is 11.8 Å². The molecule has 0 aromatic rings. The number of rotatable bonds is 8. The first-order chi connectivity index (χ1) is 14.2. The summed E-state index contributed by atoms with van der Waals surface area (Å²) < 4.78 is 14.4. The molecule has 4 atom stereocenters. The molecule has 1 saturated heterocycles. The third-order valence-electron chi connectivity index (χ3n) is 7.84. The molecular weight excluding hydrogens is 502 g/mol. The average Bonchev–Trinajstić information content (AvgIpc) is 2.56. The highest BCUT2D eigenvalue weighted by molar-refractivity contribution is 9.12. The van der Waals surface area contributed by atoms with Gasteiger partial charge in [0, 0.05) is 6.04 Å². The molecule has 8 heteroatoms. The first kappa shape index (κ1) is 29.6. The lowest BCUT2D eigenvalue weighted by Crippen LogP contribution is -2.76. The zero-order valence-electron chi connectivity index (χ0n) is 22.6. The quantitative estimate of drug-likeness (QED) is 0.146. The van der Waals surface area contributed by atoms with E-state index in [2.05, 4.69) is 102 Å². The van der Waals surface area contributed by atoms with Crippen LogP contribution >= 0.6 is 15.9 Å². The Morgan fingerprint density at radius 1 is 1.09 bits per heavy atom. The van der Waals surface area contributed by atoms with Crippen LogP contribution in [0.1, 0.15) is 62.3 Å². The van der Waals surface area contributed by atoms with Crippen LogP contribution in [0.5, 0.6) is 0 Å². The Morgan fingerprint density at radius 3 is 2.00 bits per heavy atom. The van der Waals surface area contributed by atoms with Crippen molar-refractivity contribution in [3.8, 4) is 0 Å². The lowest BCUT2D eigenvalue weighted by Gasteiger charge is -2.61. The van der Waals surface area contributed by atoms with Crippen molar-refractivity contribution in [1.82, 2.24) is 4.57 Å². The molecule has 1 amide bonds. The predicted octanol–water partition coefficient (Wildman–Crippen LogP) is 6.71. The molecule has 0 unspecified atom stereocenters. The van der Waals surface area contributed by atoms with Crippen LogP contribution in [-0.2, 0) is 18.8 Å². The van der Waals surface area contributed by atoms with Gasteiger partial charge in [0.1, 0.15) is 0 Å². The van der Waals surface area contributed by atoms with E-state index in [4.69, 9.17) is 9.16 Å². The number of hydrogen-bond donors (Lipinski definition) is 0. The molecule has 0 aromatic heterocycles. The third kappa shape index (κ3) is 5.97. The SMILES string of the molecule is CCOC(=O)/C(Br)=C/[C@H](C)[C@@H]1[C@@H]([C@@H](C)O[Si](C)(C)C(C)(C)C)C(=O)N1[Si](C)(C)C(C)(C)C. The van der Waals surface area contributed by atoms with Crippen molar-refractivity contribution >= 4 is 44.4 Å². The number of amides is 1. The van der Waals surface area contributed by atoms with Gasteiger partial charge in [0.15, 0.2) is 16.6 Å². The Labute approximate surface area is 207 Å². The zero-order chi connectivity index (χ0) is 25.4. The van der Waals surface area contributed by atoms with Crippen LogP contribution < -0.4 is 0 Å². The maximum Gasteiger partial charge on any atom is 0.344 e. The summed E-state index contributed by atoms with van der Waals surface area (Å²) in [6, 6.07) is -0.00913. The summed E-state index contributed by atoms with van der Waals surface area (Å²) in [5, 5.41) is 0.0956. The summed E-state index contributed by atoms with van der Waals surface area (Å²) in [4.78, 5) is 25.8. The summed E-state index contributed by atoms with van der Waals surface area (Å²) in [5.74, 6) is -0.408. The molecule has 0 N–H and O–H groups in total. The van der Waals surface area contributed by atoms with Gasteiger partial charge in [-0.3, -0.25) is 4.79 Å². The molecule has 186 valence electrons. The van der Waals surface area contributed by atoms with Crippen LogP contribution in [-0.4, -0.2) is 51.7 Å². The van der Waals surface area contributed by atoms with E-state index in [0.29, 0.717) is 11.1 Å². The van der Waals surface area contributed by atoms with Crippen molar-refractivity contribution < 1.29 is 18.8 Å².